The van der Waals surface area contributed by atoms with Crippen LogP contribution in [0.15, 0.2) is 16.7 Å². The van der Waals surface area contributed by atoms with Crippen LogP contribution in [0.3, 0.4) is 0 Å². The quantitative estimate of drug-likeness (QED) is 0.822. The number of nitrogens with one attached hydrogen (secondary N) is 1. The summed E-state index contributed by atoms with van der Waals surface area (Å²) in [5, 5.41) is 6.05. The molecular weight excluding hydrogens is 270 g/mol. The topological polar surface area (TPSA) is 94.0 Å². The first-order valence-corrected chi connectivity index (χ1v) is 5.79. The third-order valence-electron chi connectivity index (χ3n) is 2.53. The number of nitrogen functional groups attached to an aromatic ring is 1. The van der Waals surface area contributed by atoms with E-state index in [0.29, 0.717) is 24.2 Å². The van der Waals surface area contributed by atoms with Crippen molar-refractivity contribution in [1.29, 1.82) is 0 Å². The van der Waals surface area contributed by atoms with Crippen LogP contribution in [0.25, 0.3) is 0 Å². The number of aromatic nitrogens is 2. The molecule has 1 aromatic heterocycles. The lowest BCUT2D eigenvalue weighted by atomic mass is 10.1. The number of nitrogens with zero attached hydrogens (tertiary/aromatic N) is 2. The molecule has 0 fully saturated rings. The van der Waals surface area contributed by atoms with Crippen molar-refractivity contribution in [3.8, 4) is 0 Å². The second-order valence-corrected chi connectivity index (χ2v) is 4.09. The van der Waals surface area contributed by atoms with E-state index in [2.05, 4.69) is 15.5 Å². The average molecular weight is 282 g/mol. The molecule has 0 unspecified atom stereocenters. The van der Waals surface area contributed by atoms with E-state index in [1.54, 1.807) is 6.92 Å². The highest BCUT2D eigenvalue weighted by Gasteiger charge is 2.15. The van der Waals surface area contributed by atoms with E-state index < -0.39 is 17.5 Å². The second kappa shape index (κ2) is 5.64. The molecule has 1 heterocycles. The fraction of sp³-hybridized carbons (Fsp3) is 0.250. The van der Waals surface area contributed by atoms with Gasteiger partial charge in [-0.25, -0.2) is 8.78 Å². The summed E-state index contributed by atoms with van der Waals surface area (Å²) in [5.41, 5.74) is 4.69. The molecule has 0 bridgehead atoms. The standard InChI is InChI=1S/C12H12F2N4O2/c1-6-17-11(20-18-6)2-3-16-12(19)7-4-10(15)9(14)5-8(7)13/h4-5H,2-3,15H2,1H3,(H,16,19). The number of amides is 1. The van der Waals surface area contributed by atoms with Crippen LogP contribution in [-0.2, 0) is 6.42 Å². The van der Waals surface area contributed by atoms with Crippen LogP contribution in [0.2, 0.25) is 0 Å². The minimum absolute atomic E-state index is 0.178. The first-order valence-electron chi connectivity index (χ1n) is 5.79. The van der Waals surface area contributed by atoms with Gasteiger partial charge in [-0.1, -0.05) is 5.16 Å². The van der Waals surface area contributed by atoms with Crippen molar-refractivity contribution in [2.45, 2.75) is 13.3 Å². The predicted molar refractivity (Wildman–Crippen MR) is 65.8 cm³/mol. The van der Waals surface area contributed by atoms with Gasteiger partial charge in [0.2, 0.25) is 5.89 Å². The highest BCUT2D eigenvalue weighted by molar-refractivity contribution is 5.95. The smallest absolute Gasteiger partial charge is 0.254 e. The number of nitrogens with two attached hydrogens (primary N) is 1. The summed E-state index contributed by atoms with van der Waals surface area (Å²) in [6, 6.07) is 1.53. The van der Waals surface area contributed by atoms with Crippen LogP contribution in [0.4, 0.5) is 14.5 Å². The van der Waals surface area contributed by atoms with Crippen LogP contribution >= 0.6 is 0 Å². The van der Waals surface area contributed by atoms with Gasteiger partial charge in [-0.3, -0.25) is 4.79 Å². The summed E-state index contributed by atoms with van der Waals surface area (Å²) in [7, 11) is 0. The van der Waals surface area contributed by atoms with Gasteiger partial charge in [-0.05, 0) is 13.0 Å². The van der Waals surface area contributed by atoms with Gasteiger partial charge in [0.05, 0.1) is 11.3 Å². The van der Waals surface area contributed by atoms with Gasteiger partial charge in [0, 0.05) is 19.0 Å². The van der Waals surface area contributed by atoms with Gasteiger partial charge in [-0.15, -0.1) is 0 Å². The van der Waals surface area contributed by atoms with Crippen LogP contribution in [0.5, 0.6) is 0 Å². The maximum atomic E-state index is 13.4. The van der Waals surface area contributed by atoms with Gasteiger partial charge >= 0.3 is 0 Å². The van der Waals surface area contributed by atoms with Gasteiger partial charge in [0.15, 0.2) is 5.82 Å². The van der Waals surface area contributed by atoms with E-state index in [0.717, 1.165) is 6.07 Å². The van der Waals surface area contributed by atoms with Crippen molar-refractivity contribution in [2.24, 2.45) is 0 Å². The lowest BCUT2D eigenvalue weighted by molar-refractivity contribution is 0.0949. The number of rotatable bonds is 4. The van der Waals surface area contributed by atoms with Crippen molar-refractivity contribution < 1.29 is 18.1 Å². The number of carbonyl (C=O) groups is 1. The van der Waals surface area contributed by atoms with Crippen molar-refractivity contribution >= 4 is 11.6 Å². The molecule has 1 amide bonds. The zero-order chi connectivity index (χ0) is 14.7. The predicted octanol–water partition coefficient (Wildman–Crippen LogP) is 1.21. The normalized spacial score (nSPS) is 10.6. The molecule has 0 aliphatic rings. The maximum Gasteiger partial charge on any atom is 0.254 e. The van der Waals surface area contributed by atoms with Crippen LogP contribution in [0.1, 0.15) is 22.1 Å². The lowest BCUT2D eigenvalue weighted by Crippen LogP contribution is -2.27. The Bertz CT molecular complexity index is 642. The van der Waals surface area contributed by atoms with E-state index in [1.807, 2.05) is 0 Å². The van der Waals surface area contributed by atoms with Crippen LogP contribution in [0, 0.1) is 18.6 Å². The van der Waals surface area contributed by atoms with E-state index in [9.17, 15) is 13.6 Å². The van der Waals surface area contributed by atoms with E-state index in [-0.39, 0.29) is 17.8 Å². The summed E-state index contributed by atoms with van der Waals surface area (Å²) in [6.07, 6.45) is 0.310. The molecule has 0 saturated carbocycles. The number of aryl methyl sites for hydroxylation is 1. The Morgan fingerprint density at radius 3 is 2.80 bits per heavy atom. The summed E-state index contributed by atoms with van der Waals surface area (Å²) in [4.78, 5) is 15.7. The number of hydrogen-bond donors (Lipinski definition) is 2. The molecule has 0 spiro atoms. The molecule has 0 aliphatic heterocycles. The van der Waals surface area contributed by atoms with Gasteiger partial charge < -0.3 is 15.6 Å². The van der Waals surface area contributed by atoms with Crippen molar-refractivity contribution in [1.82, 2.24) is 15.5 Å². The molecule has 1 aromatic carbocycles. The van der Waals surface area contributed by atoms with E-state index in [1.165, 1.54) is 0 Å². The summed E-state index contributed by atoms with van der Waals surface area (Å²) < 4.78 is 31.3. The molecule has 0 aliphatic carbocycles. The van der Waals surface area contributed by atoms with Crippen molar-refractivity contribution in [3.05, 3.63) is 41.0 Å². The second-order valence-electron chi connectivity index (χ2n) is 4.09. The summed E-state index contributed by atoms with van der Waals surface area (Å²) in [6.45, 7) is 1.85. The number of carbonyl (C=O) groups excluding carboxylic acids is 1. The summed E-state index contributed by atoms with van der Waals surface area (Å²) in [5.74, 6) is -1.71. The number of benzene rings is 1. The molecule has 6 nitrogen and oxygen atoms in total. The summed E-state index contributed by atoms with van der Waals surface area (Å²) >= 11 is 0. The Hall–Kier alpha value is -2.51. The molecule has 106 valence electrons. The van der Waals surface area contributed by atoms with Gasteiger partial charge in [0.25, 0.3) is 5.91 Å². The van der Waals surface area contributed by atoms with Gasteiger partial charge in [0.1, 0.15) is 11.6 Å². The number of halogens is 2. The van der Waals surface area contributed by atoms with E-state index >= 15 is 0 Å². The molecule has 8 heteroatoms. The van der Waals surface area contributed by atoms with Crippen molar-refractivity contribution in [2.75, 3.05) is 12.3 Å². The third-order valence-corrected chi connectivity index (χ3v) is 2.53. The zero-order valence-corrected chi connectivity index (χ0v) is 10.6. The molecule has 0 radical (unpaired) electrons. The molecule has 2 aromatic rings. The zero-order valence-electron chi connectivity index (χ0n) is 10.6. The lowest BCUT2D eigenvalue weighted by Gasteiger charge is -2.06. The first kappa shape index (κ1) is 13.9. The third kappa shape index (κ3) is 3.08. The Kier molecular flexibility index (Phi) is 3.92. The van der Waals surface area contributed by atoms with Gasteiger partial charge in [-0.2, -0.15) is 4.98 Å². The molecule has 3 N–H and O–H groups in total. The highest BCUT2D eigenvalue weighted by atomic mass is 19.1. The van der Waals surface area contributed by atoms with Crippen LogP contribution in [-0.4, -0.2) is 22.6 Å². The highest BCUT2D eigenvalue weighted by Crippen LogP contribution is 2.16. The largest absolute Gasteiger partial charge is 0.396 e. The van der Waals surface area contributed by atoms with E-state index in [4.69, 9.17) is 10.3 Å². The molecule has 2 rings (SSSR count). The Morgan fingerprint density at radius 1 is 1.40 bits per heavy atom. The Balaban J connectivity index is 1.97. The van der Waals surface area contributed by atoms with Crippen LogP contribution < -0.4 is 11.1 Å². The molecule has 20 heavy (non-hydrogen) atoms. The SMILES string of the molecule is Cc1noc(CCNC(=O)c2cc(N)c(F)cc2F)n1. The average Bonchev–Trinajstić information content (AvgIpc) is 2.79. The minimum Gasteiger partial charge on any atom is -0.396 e. The number of hydrogen-bond acceptors (Lipinski definition) is 5. The maximum absolute atomic E-state index is 13.4. The Morgan fingerprint density at radius 2 is 2.15 bits per heavy atom. The molecular formula is C12H12F2N4O2. The monoisotopic (exact) mass is 282 g/mol. The number of anilines is 1. The van der Waals surface area contributed by atoms with Crippen molar-refractivity contribution in [3.63, 3.8) is 0 Å². The fourth-order valence-corrected chi connectivity index (χ4v) is 1.56. The molecule has 0 atom stereocenters. The minimum atomic E-state index is -0.970. The fourth-order valence-electron chi connectivity index (χ4n) is 1.56. The molecule has 0 saturated heterocycles. The first-order chi connectivity index (χ1) is 9.47. The Labute approximate surface area is 113 Å².